The zero-order chi connectivity index (χ0) is 28.4. The number of unbranched alkanes of at least 4 members (excludes halogenated alkanes) is 1. The number of hydrogen-bond acceptors (Lipinski definition) is 7. The molecule has 0 radical (unpaired) electrons. The number of carbonyl (C=O) groups excluding carboxylic acids is 2. The van der Waals surface area contributed by atoms with Crippen molar-refractivity contribution in [3.05, 3.63) is 51.0 Å². The average molecular weight is 636 g/mol. The van der Waals surface area contributed by atoms with E-state index >= 15 is 4.39 Å². The van der Waals surface area contributed by atoms with Gasteiger partial charge in [-0.15, -0.1) is 0 Å². The van der Waals surface area contributed by atoms with Gasteiger partial charge in [0.05, 0.1) is 34.1 Å². The lowest BCUT2D eigenvalue weighted by Crippen LogP contribution is -2.44. The van der Waals surface area contributed by atoms with Gasteiger partial charge >= 0.3 is 5.97 Å². The SMILES string of the molecule is CN1CCN(CCCCn2c(C(N)=O)nc3c(F)c(Nc4ccc(Br)cc4Cl)c(C(=O)OCC4CC4)cc32)CC1. The van der Waals surface area contributed by atoms with Crippen molar-refractivity contribution in [3.63, 3.8) is 0 Å². The molecule has 0 bridgehead atoms. The summed E-state index contributed by atoms with van der Waals surface area (Å²) in [4.78, 5) is 34.6. The number of nitrogens with zero attached hydrogens (tertiary/aromatic N) is 4. The van der Waals surface area contributed by atoms with E-state index in [1.54, 1.807) is 22.8 Å². The van der Waals surface area contributed by atoms with Gasteiger partial charge in [0.15, 0.2) is 11.6 Å². The first-order chi connectivity index (χ1) is 19.2. The van der Waals surface area contributed by atoms with Crippen LogP contribution < -0.4 is 11.1 Å². The number of aromatic nitrogens is 2. The highest BCUT2D eigenvalue weighted by atomic mass is 79.9. The summed E-state index contributed by atoms with van der Waals surface area (Å²) in [6.07, 6.45) is 3.63. The van der Waals surface area contributed by atoms with Crippen molar-refractivity contribution in [1.82, 2.24) is 19.4 Å². The van der Waals surface area contributed by atoms with Gasteiger partial charge in [0.2, 0.25) is 0 Å². The fourth-order valence-electron chi connectivity index (χ4n) is 4.87. The number of nitrogens with two attached hydrogens (primary N) is 1. The number of halogens is 3. The lowest BCUT2D eigenvalue weighted by atomic mass is 10.1. The zero-order valence-corrected chi connectivity index (χ0v) is 24.7. The molecule has 1 aliphatic heterocycles. The summed E-state index contributed by atoms with van der Waals surface area (Å²) in [5.41, 5.74) is 6.20. The van der Waals surface area contributed by atoms with Crippen LogP contribution in [0.4, 0.5) is 15.8 Å². The van der Waals surface area contributed by atoms with Gasteiger partial charge in [-0.3, -0.25) is 4.79 Å². The van der Waals surface area contributed by atoms with Crippen LogP contribution in [0.15, 0.2) is 28.7 Å². The maximum absolute atomic E-state index is 16.2. The molecular weight excluding hydrogens is 603 g/mol. The van der Waals surface area contributed by atoms with Crippen LogP contribution in [-0.4, -0.2) is 77.6 Å². The fraction of sp³-hybridized carbons (Fsp3) is 0.464. The van der Waals surface area contributed by atoms with Crippen molar-refractivity contribution >= 4 is 61.8 Å². The normalized spacial score (nSPS) is 16.4. The Hall–Kier alpha value is -2.73. The van der Waals surface area contributed by atoms with Crippen LogP contribution in [0, 0.1) is 11.7 Å². The number of hydrogen-bond donors (Lipinski definition) is 2. The molecule has 3 N–H and O–H groups in total. The Labute approximate surface area is 245 Å². The number of imidazole rings is 1. The molecule has 12 heteroatoms. The second-order valence-corrected chi connectivity index (χ2v) is 11.9. The van der Waals surface area contributed by atoms with Crippen molar-refractivity contribution in [2.45, 2.75) is 32.2 Å². The highest BCUT2D eigenvalue weighted by Gasteiger charge is 2.28. The van der Waals surface area contributed by atoms with Crippen molar-refractivity contribution in [1.29, 1.82) is 0 Å². The number of nitrogens with one attached hydrogen (secondary N) is 1. The van der Waals surface area contributed by atoms with E-state index in [4.69, 9.17) is 22.1 Å². The van der Waals surface area contributed by atoms with Crippen LogP contribution in [0.25, 0.3) is 11.0 Å². The van der Waals surface area contributed by atoms with Gasteiger partial charge in [-0.05, 0) is 69.5 Å². The van der Waals surface area contributed by atoms with Crippen molar-refractivity contribution in [2.75, 3.05) is 51.7 Å². The third kappa shape index (κ3) is 6.59. The molecule has 2 aliphatic rings. The summed E-state index contributed by atoms with van der Waals surface area (Å²) in [5.74, 6) is -1.93. The van der Waals surface area contributed by atoms with Gasteiger partial charge in [0.25, 0.3) is 5.91 Å². The summed E-state index contributed by atoms with van der Waals surface area (Å²) < 4.78 is 24.1. The van der Waals surface area contributed by atoms with Crippen LogP contribution >= 0.6 is 27.5 Å². The number of amides is 1. The van der Waals surface area contributed by atoms with E-state index in [2.05, 4.69) is 43.1 Å². The smallest absolute Gasteiger partial charge is 0.340 e. The lowest BCUT2D eigenvalue weighted by molar-refractivity contribution is 0.0487. The Morgan fingerprint density at radius 2 is 1.90 bits per heavy atom. The number of rotatable bonds is 11. The van der Waals surface area contributed by atoms with E-state index in [-0.39, 0.29) is 29.2 Å². The van der Waals surface area contributed by atoms with Crippen LogP contribution in [0.5, 0.6) is 0 Å². The van der Waals surface area contributed by atoms with Crippen LogP contribution in [0.3, 0.4) is 0 Å². The maximum atomic E-state index is 16.2. The van der Waals surface area contributed by atoms with Gasteiger partial charge < -0.3 is 30.2 Å². The predicted octanol–water partition coefficient (Wildman–Crippen LogP) is 5.03. The van der Waals surface area contributed by atoms with Crippen molar-refractivity contribution in [3.8, 4) is 0 Å². The maximum Gasteiger partial charge on any atom is 0.340 e. The Morgan fingerprint density at radius 3 is 2.58 bits per heavy atom. The topological polar surface area (TPSA) is 106 Å². The molecule has 0 atom stereocenters. The standard InChI is InChI=1S/C28H33BrClFN6O3/c1-35-10-12-36(13-11-35)8-2-3-9-37-22-15-19(28(39)40-16-17-4-5-17)24(23(31)25(22)34-27(37)26(32)38)33-21-7-6-18(29)14-20(21)30/h6-7,14-15,17,33H,2-5,8-13,16H2,1H3,(H2,32,38). The van der Waals surface area contributed by atoms with E-state index < -0.39 is 17.7 Å². The molecule has 1 aliphatic carbocycles. The second kappa shape index (κ2) is 12.4. The zero-order valence-electron chi connectivity index (χ0n) is 22.4. The third-order valence-electron chi connectivity index (χ3n) is 7.46. The number of primary amides is 1. The Balaban J connectivity index is 1.46. The average Bonchev–Trinajstić information content (AvgIpc) is 3.68. The molecule has 1 saturated heterocycles. The first kappa shape index (κ1) is 28.8. The van der Waals surface area contributed by atoms with Crippen molar-refractivity contribution in [2.24, 2.45) is 11.7 Å². The lowest BCUT2D eigenvalue weighted by Gasteiger charge is -2.32. The number of piperazine rings is 1. The van der Waals surface area contributed by atoms with E-state index in [0.29, 0.717) is 28.7 Å². The number of benzene rings is 2. The summed E-state index contributed by atoms with van der Waals surface area (Å²) in [5, 5.41) is 3.29. The van der Waals surface area contributed by atoms with Gasteiger partial charge in [-0.1, -0.05) is 27.5 Å². The van der Waals surface area contributed by atoms with Crippen LogP contribution in [0.2, 0.25) is 5.02 Å². The molecule has 214 valence electrons. The van der Waals surface area contributed by atoms with Gasteiger partial charge in [-0.2, -0.15) is 0 Å². The Bertz CT molecular complexity index is 1420. The molecule has 40 heavy (non-hydrogen) atoms. The molecule has 1 saturated carbocycles. The van der Waals surface area contributed by atoms with Crippen molar-refractivity contribution < 1.29 is 18.7 Å². The molecule has 5 rings (SSSR count). The quantitative estimate of drug-likeness (QED) is 0.225. The minimum absolute atomic E-state index is 0.000702. The minimum atomic E-state index is -0.784. The molecule has 1 amide bonds. The van der Waals surface area contributed by atoms with Crippen LogP contribution in [0.1, 0.15) is 46.7 Å². The number of fused-ring (bicyclic) bond motifs is 1. The molecule has 2 heterocycles. The van der Waals surface area contributed by atoms with E-state index in [9.17, 15) is 9.59 Å². The van der Waals surface area contributed by atoms with E-state index in [0.717, 1.165) is 62.9 Å². The second-order valence-electron chi connectivity index (χ2n) is 10.6. The molecule has 0 spiro atoms. The highest BCUT2D eigenvalue weighted by Crippen LogP contribution is 2.36. The number of carbonyl (C=O) groups is 2. The molecule has 1 aromatic heterocycles. The number of ether oxygens (including phenoxy) is 1. The van der Waals surface area contributed by atoms with Gasteiger partial charge in [0.1, 0.15) is 5.52 Å². The van der Waals surface area contributed by atoms with Gasteiger partial charge in [0, 0.05) is 37.2 Å². The number of likely N-dealkylation sites (N-methyl/N-ethyl adjacent to an activating group) is 1. The fourth-order valence-corrected chi connectivity index (χ4v) is 5.60. The summed E-state index contributed by atoms with van der Waals surface area (Å²) in [6.45, 7) is 5.73. The molecule has 0 unspecified atom stereocenters. The van der Waals surface area contributed by atoms with Gasteiger partial charge in [-0.25, -0.2) is 14.2 Å². The molecular formula is C28H33BrClFN6O3. The number of anilines is 2. The Kier molecular flexibility index (Phi) is 8.94. The van der Waals surface area contributed by atoms with E-state index in [1.165, 1.54) is 6.07 Å². The highest BCUT2D eigenvalue weighted by molar-refractivity contribution is 9.10. The number of esters is 1. The van der Waals surface area contributed by atoms with Crippen LogP contribution in [-0.2, 0) is 11.3 Å². The first-order valence-electron chi connectivity index (χ1n) is 13.5. The molecule has 3 aromatic rings. The summed E-state index contributed by atoms with van der Waals surface area (Å²) >= 11 is 9.74. The first-order valence-corrected chi connectivity index (χ1v) is 14.7. The molecule has 2 fully saturated rings. The third-order valence-corrected chi connectivity index (χ3v) is 8.27. The summed E-state index contributed by atoms with van der Waals surface area (Å²) in [7, 11) is 2.12. The molecule has 9 nitrogen and oxygen atoms in total. The summed E-state index contributed by atoms with van der Waals surface area (Å²) in [6, 6.07) is 6.61. The minimum Gasteiger partial charge on any atom is -0.462 e. The number of aryl methyl sites for hydroxylation is 1. The van der Waals surface area contributed by atoms with E-state index in [1.807, 2.05) is 0 Å². The predicted molar refractivity (Wildman–Crippen MR) is 157 cm³/mol. The molecule has 2 aromatic carbocycles. The monoisotopic (exact) mass is 634 g/mol. The Morgan fingerprint density at radius 1 is 1.18 bits per heavy atom. The largest absolute Gasteiger partial charge is 0.462 e.